The fourth-order valence-corrected chi connectivity index (χ4v) is 5.65. The van der Waals surface area contributed by atoms with E-state index in [-0.39, 0.29) is 17.6 Å². The molecule has 5 heterocycles. The van der Waals surface area contributed by atoms with Gasteiger partial charge < -0.3 is 15.0 Å². The van der Waals surface area contributed by atoms with Crippen molar-refractivity contribution in [1.82, 2.24) is 10.3 Å². The van der Waals surface area contributed by atoms with Crippen molar-refractivity contribution >= 4 is 23.1 Å². The van der Waals surface area contributed by atoms with Gasteiger partial charge in [0, 0.05) is 31.5 Å². The number of pyridine rings is 1. The van der Waals surface area contributed by atoms with E-state index < -0.39 is 0 Å². The molecule has 2 bridgehead atoms. The normalized spacial score (nSPS) is 30.9. The highest BCUT2D eigenvalue weighted by molar-refractivity contribution is 7.12. The van der Waals surface area contributed by atoms with Crippen molar-refractivity contribution in [1.29, 1.82) is 5.26 Å². The van der Waals surface area contributed by atoms with Crippen molar-refractivity contribution in [2.75, 3.05) is 24.5 Å². The maximum absolute atomic E-state index is 12.3. The summed E-state index contributed by atoms with van der Waals surface area (Å²) in [5, 5.41) is 14.1. The molecule has 3 fully saturated rings. The Morgan fingerprint density at radius 3 is 3.19 bits per heavy atom. The van der Waals surface area contributed by atoms with Crippen molar-refractivity contribution < 1.29 is 9.53 Å². The minimum atomic E-state index is -0.132. The van der Waals surface area contributed by atoms with E-state index in [4.69, 9.17) is 10.00 Å². The number of fused-ring (bicyclic) bond motifs is 1. The maximum atomic E-state index is 12.3. The average molecular weight is 380 g/mol. The van der Waals surface area contributed by atoms with Crippen LogP contribution in [0.5, 0.6) is 0 Å². The summed E-state index contributed by atoms with van der Waals surface area (Å²) in [5.41, 5.74) is 0.305. The molecule has 27 heavy (non-hydrogen) atoms. The smallest absolute Gasteiger partial charge is 0.261 e. The summed E-state index contributed by atoms with van der Waals surface area (Å²) < 4.78 is 6.44. The Kier molecular flexibility index (Phi) is 3.92. The first-order valence-electron chi connectivity index (χ1n) is 9.30. The predicted octanol–water partition coefficient (Wildman–Crippen LogP) is 2.43. The predicted molar refractivity (Wildman–Crippen MR) is 102 cm³/mol. The number of carbonyl (C=O) groups excluding carboxylic acids is 1. The summed E-state index contributed by atoms with van der Waals surface area (Å²) in [6.45, 7) is 2.32. The minimum Gasteiger partial charge on any atom is -0.369 e. The number of anilines is 1. The van der Waals surface area contributed by atoms with E-state index >= 15 is 0 Å². The van der Waals surface area contributed by atoms with Crippen LogP contribution in [-0.4, -0.2) is 42.2 Å². The number of hydrogen-bond donors (Lipinski definition) is 1. The SMILES string of the molecule is N#Cc1cccc(N2C[C@@H]3[C@H](CNC(=O)c4cccs4)[C@H]4CC[C@]3(C2)O4)n1. The van der Waals surface area contributed by atoms with Crippen LogP contribution in [0.3, 0.4) is 0 Å². The fraction of sp³-hybridized carbons (Fsp3) is 0.450. The van der Waals surface area contributed by atoms with E-state index in [9.17, 15) is 4.79 Å². The fourth-order valence-electron chi connectivity index (χ4n) is 5.01. The number of ether oxygens (including phenoxy) is 1. The van der Waals surface area contributed by atoms with Crippen molar-refractivity contribution in [2.24, 2.45) is 11.8 Å². The number of aromatic nitrogens is 1. The first kappa shape index (κ1) is 16.7. The van der Waals surface area contributed by atoms with Gasteiger partial charge in [0.25, 0.3) is 5.91 Å². The van der Waals surface area contributed by atoms with E-state index in [0.717, 1.165) is 36.6 Å². The highest BCUT2D eigenvalue weighted by Crippen LogP contribution is 2.55. The molecule has 1 spiro atoms. The molecular formula is C20H20N4O2S. The second-order valence-electron chi connectivity index (χ2n) is 7.59. The van der Waals surface area contributed by atoms with Gasteiger partial charge in [0.1, 0.15) is 17.6 Å². The summed E-state index contributed by atoms with van der Waals surface area (Å²) in [7, 11) is 0. The third-order valence-electron chi connectivity index (χ3n) is 6.20. The van der Waals surface area contributed by atoms with Gasteiger partial charge >= 0.3 is 0 Å². The summed E-state index contributed by atoms with van der Waals surface area (Å²) >= 11 is 1.46. The van der Waals surface area contributed by atoms with Gasteiger partial charge in [-0.25, -0.2) is 4.98 Å². The topological polar surface area (TPSA) is 78.2 Å². The molecular weight excluding hydrogens is 360 g/mol. The van der Waals surface area contributed by atoms with Crippen molar-refractivity contribution in [3.63, 3.8) is 0 Å². The highest BCUT2D eigenvalue weighted by Gasteiger charge is 2.63. The van der Waals surface area contributed by atoms with Gasteiger partial charge in [-0.1, -0.05) is 12.1 Å². The Morgan fingerprint density at radius 2 is 2.37 bits per heavy atom. The van der Waals surface area contributed by atoms with Crippen LogP contribution in [0.2, 0.25) is 0 Å². The number of nitrogens with zero attached hydrogens (tertiary/aromatic N) is 3. The summed E-state index contributed by atoms with van der Waals surface area (Å²) in [4.78, 5) is 19.8. The number of rotatable bonds is 4. The number of nitriles is 1. The Labute approximate surface area is 161 Å². The molecule has 2 aromatic heterocycles. The third kappa shape index (κ3) is 2.71. The van der Waals surface area contributed by atoms with Gasteiger partial charge in [-0.3, -0.25) is 4.79 Å². The molecule has 138 valence electrons. The lowest BCUT2D eigenvalue weighted by Gasteiger charge is -2.29. The van der Waals surface area contributed by atoms with Gasteiger partial charge in [0.15, 0.2) is 0 Å². The molecule has 3 saturated heterocycles. The summed E-state index contributed by atoms with van der Waals surface area (Å²) in [5.74, 6) is 1.55. The third-order valence-corrected chi connectivity index (χ3v) is 7.07. The number of thiophene rings is 1. The maximum Gasteiger partial charge on any atom is 0.261 e. The quantitative estimate of drug-likeness (QED) is 0.881. The highest BCUT2D eigenvalue weighted by atomic mass is 32.1. The zero-order chi connectivity index (χ0) is 18.4. The largest absolute Gasteiger partial charge is 0.369 e. The van der Waals surface area contributed by atoms with Crippen LogP contribution in [0.1, 0.15) is 28.2 Å². The van der Waals surface area contributed by atoms with Crippen LogP contribution in [0.25, 0.3) is 0 Å². The second-order valence-corrected chi connectivity index (χ2v) is 8.54. The number of hydrogen-bond acceptors (Lipinski definition) is 6. The number of carbonyl (C=O) groups is 1. The Hall–Kier alpha value is -2.43. The molecule has 0 aliphatic carbocycles. The van der Waals surface area contributed by atoms with Crippen molar-refractivity contribution in [3.05, 3.63) is 46.3 Å². The molecule has 3 aliphatic heterocycles. The van der Waals surface area contributed by atoms with Crippen LogP contribution in [0.15, 0.2) is 35.7 Å². The van der Waals surface area contributed by atoms with E-state index in [1.54, 1.807) is 6.07 Å². The molecule has 1 amide bonds. The lowest BCUT2D eigenvalue weighted by Crippen LogP contribution is -2.41. The van der Waals surface area contributed by atoms with Crippen LogP contribution in [0, 0.1) is 23.2 Å². The molecule has 0 unspecified atom stereocenters. The zero-order valence-electron chi connectivity index (χ0n) is 14.8. The summed E-state index contributed by atoms with van der Waals surface area (Å²) in [6, 6.07) is 11.4. The van der Waals surface area contributed by atoms with E-state index in [2.05, 4.69) is 21.3 Å². The van der Waals surface area contributed by atoms with Gasteiger partial charge in [-0.2, -0.15) is 5.26 Å². The van der Waals surface area contributed by atoms with Gasteiger partial charge in [0.2, 0.25) is 0 Å². The monoisotopic (exact) mass is 380 g/mol. The summed E-state index contributed by atoms with van der Waals surface area (Å²) in [6.07, 6.45) is 2.35. The molecule has 0 radical (unpaired) electrons. The van der Waals surface area contributed by atoms with Crippen LogP contribution < -0.4 is 10.2 Å². The van der Waals surface area contributed by atoms with Crippen LogP contribution >= 0.6 is 11.3 Å². The number of nitrogens with one attached hydrogen (secondary N) is 1. The first-order valence-corrected chi connectivity index (χ1v) is 10.2. The van der Waals surface area contributed by atoms with Gasteiger partial charge in [-0.05, 0) is 36.4 Å². The van der Waals surface area contributed by atoms with Crippen molar-refractivity contribution in [2.45, 2.75) is 24.5 Å². The molecule has 5 rings (SSSR count). The zero-order valence-corrected chi connectivity index (χ0v) is 15.6. The Morgan fingerprint density at radius 1 is 1.44 bits per heavy atom. The second kappa shape index (κ2) is 6.32. The molecule has 6 nitrogen and oxygen atoms in total. The van der Waals surface area contributed by atoms with E-state index in [1.807, 2.05) is 29.6 Å². The molecule has 0 saturated carbocycles. The minimum absolute atomic E-state index is 0.0000598. The van der Waals surface area contributed by atoms with Crippen LogP contribution in [0.4, 0.5) is 5.82 Å². The first-order chi connectivity index (χ1) is 13.2. The molecule has 0 aromatic carbocycles. The van der Waals surface area contributed by atoms with Gasteiger partial charge in [-0.15, -0.1) is 11.3 Å². The number of amides is 1. The lowest BCUT2D eigenvalue weighted by atomic mass is 9.73. The van der Waals surface area contributed by atoms with Crippen LogP contribution in [-0.2, 0) is 4.74 Å². The molecule has 7 heteroatoms. The van der Waals surface area contributed by atoms with E-state index in [0.29, 0.717) is 24.1 Å². The average Bonchev–Trinajstić information content (AvgIpc) is 3.46. The van der Waals surface area contributed by atoms with E-state index in [1.165, 1.54) is 11.3 Å². The van der Waals surface area contributed by atoms with Gasteiger partial charge in [0.05, 0.1) is 16.6 Å². The molecule has 2 aromatic rings. The Bertz CT molecular complexity index is 909. The van der Waals surface area contributed by atoms with Crippen molar-refractivity contribution in [3.8, 4) is 6.07 Å². The Balaban J connectivity index is 1.32. The molecule has 4 atom stereocenters. The standard InChI is InChI=1S/C20H20N4O2S/c21-9-13-3-1-5-18(23-13)24-11-15-14(16-6-7-20(15,12-24)26-16)10-22-19(25)17-4-2-8-27-17/h1-5,8,14-16H,6-7,10-12H2,(H,22,25)/t14-,15+,16+,20+/m0/s1. The molecule has 1 N–H and O–H groups in total. The lowest BCUT2D eigenvalue weighted by molar-refractivity contribution is 0.0141. The molecule has 3 aliphatic rings.